The summed E-state index contributed by atoms with van der Waals surface area (Å²) in [6, 6.07) is 0. The minimum Gasteiger partial charge on any atom is -0.380 e. The van der Waals surface area contributed by atoms with Crippen LogP contribution in [0.25, 0.3) is 0 Å². The molecule has 1 aliphatic heterocycles. The van der Waals surface area contributed by atoms with E-state index in [1.165, 1.54) is 13.0 Å². The molecule has 0 saturated carbocycles. The second-order valence-electron chi connectivity index (χ2n) is 5.69. The van der Waals surface area contributed by atoms with Gasteiger partial charge in [0.15, 0.2) is 0 Å². The lowest BCUT2D eigenvalue weighted by Gasteiger charge is -2.40. The van der Waals surface area contributed by atoms with E-state index in [4.69, 9.17) is 4.74 Å². The van der Waals surface area contributed by atoms with Gasteiger partial charge in [-0.2, -0.15) is 0 Å². The van der Waals surface area contributed by atoms with Gasteiger partial charge in [-0.15, -0.1) is 0 Å². The highest BCUT2D eigenvalue weighted by Crippen LogP contribution is 2.20. The zero-order valence-corrected chi connectivity index (χ0v) is 11.5. The molecule has 0 bridgehead atoms. The summed E-state index contributed by atoms with van der Waals surface area (Å²) in [7, 11) is 1.83. The van der Waals surface area contributed by atoms with Gasteiger partial charge in [-0.1, -0.05) is 13.8 Å². The van der Waals surface area contributed by atoms with Crippen LogP contribution in [0.4, 0.5) is 0 Å². The van der Waals surface area contributed by atoms with Gasteiger partial charge in [0.2, 0.25) is 0 Å². The number of likely N-dealkylation sites (N-methyl/N-ethyl adjacent to an activating group) is 1. The Hall–Kier alpha value is -0.120. The summed E-state index contributed by atoms with van der Waals surface area (Å²) in [5.41, 5.74) is 0.202. The van der Waals surface area contributed by atoms with Gasteiger partial charge in [-0.05, 0) is 39.3 Å². The maximum absolute atomic E-state index is 5.55. The maximum Gasteiger partial charge on any atom is 0.0724 e. The Morgan fingerprint density at radius 1 is 1.44 bits per heavy atom. The number of ether oxygens (including phenoxy) is 1. The van der Waals surface area contributed by atoms with Crippen molar-refractivity contribution in [2.24, 2.45) is 5.92 Å². The first-order valence-corrected chi connectivity index (χ1v) is 6.48. The number of piperidine rings is 1. The maximum atomic E-state index is 5.55. The van der Waals surface area contributed by atoms with E-state index in [9.17, 15) is 0 Å². The van der Waals surface area contributed by atoms with Gasteiger partial charge in [0, 0.05) is 25.7 Å². The average molecular weight is 228 g/mol. The molecule has 3 nitrogen and oxygen atoms in total. The Kier molecular flexibility index (Phi) is 5.22. The van der Waals surface area contributed by atoms with E-state index >= 15 is 0 Å². The summed E-state index contributed by atoms with van der Waals surface area (Å²) in [5.74, 6) is 0.698. The van der Waals surface area contributed by atoms with Gasteiger partial charge in [0.05, 0.1) is 6.10 Å². The third-order valence-electron chi connectivity index (χ3n) is 3.55. The number of nitrogens with one attached hydrogen (secondary N) is 1. The van der Waals surface area contributed by atoms with Crippen LogP contribution in [0.1, 0.15) is 34.1 Å². The molecule has 1 aliphatic rings. The first-order chi connectivity index (χ1) is 7.48. The number of methoxy groups -OCH3 is 1. The van der Waals surface area contributed by atoms with Crippen LogP contribution in [0.2, 0.25) is 0 Å². The molecule has 0 radical (unpaired) electrons. The summed E-state index contributed by atoms with van der Waals surface area (Å²) in [4.78, 5) is 2.52. The van der Waals surface area contributed by atoms with Crippen molar-refractivity contribution < 1.29 is 4.74 Å². The first-order valence-electron chi connectivity index (χ1n) is 6.48. The fourth-order valence-corrected chi connectivity index (χ4v) is 2.64. The van der Waals surface area contributed by atoms with Gasteiger partial charge in [0.25, 0.3) is 0 Å². The standard InChI is InChI=1S/C13H28N2O/c1-6-14-13(3,4)10-15-8-7-11(2)12(9-15)16-5/h11-12,14H,6-10H2,1-5H3. The lowest BCUT2D eigenvalue weighted by Crippen LogP contribution is -2.53. The topological polar surface area (TPSA) is 24.5 Å². The van der Waals surface area contributed by atoms with Crippen molar-refractivity contribution in [1.29, 1.82) is 0 Å². The Bertz CT molecular complexity index is 206. The average Bonchev–Trinajstić information content (AvgIpc) is 2.20. The van der Waals surface area contributed by atoms with Gasteiger partial charge in [0.1, 0.15) is 0 Å². The van der Waals surface area contributed by atoms with Crippen LogP contribution in [0.3, 0.4) is 0 Å². The van der Waals surface area contributed by atoms with Crippen LogP contribution in [0.15, 0.2) is 0 Å². The highest BCUT2D eigenvalue weighted by Gasteiger charge is 2.29. The summed E-state index contributed by atoms with van der Waals surface area (Å²) in [5, 5.41) is 3.53. The van der Waals surface area contributed by atoms with E-state index in [1.807, 2.05) is 7.11 Å². The second-order valence-corrected chi connectivity index (χ2v) is 5.69. The van der Waals surface area contributed by atoms with E-state index in [0.717, 1.165) is 19.6 Å². The highest BCUT2D eigenvalue weighted by atomic mass is 16.5. The van der Waals surface area contributed by atoms with Crippen molar-refractivity contribution in [2.75, 3.05) is 33.3 Å². The monoisotopic (exact) mass is 228 g/mol. The van der Waals surface area contributed by atoms with Gasteiger partial charge in [-0.25, -0.2) is 0 Å². The number of likely N-dealkylation sites (tertiary alicyclic amines) is 1. The summed E-state index contributed by atoms with van der Waals surface area (Å²) in [6.45, 7) is 13.4. The molecule has 3 heteroatoms. The summed E-state index contributed by atoms with van der Waals surface area (Å²) < 4.78 is 5.55. The number of hydrogen-bond acceptors (Lipinski definition) is 3. The van der Waals surface area contributed by atoms with Crippen molar-refractivity contribution >= 4 is 0 Å². The van der Waals surface area contributed by atoms with Crippen molar-refractivity contribution in [1.82, 2.24) is 10.2 Å². The molecular weight excluding hydrogens is 200 g/mol. The van der Waals surface area contributed by atoms with Crippen molar-refractivity contribution in [2.45, 2.75) is 45.8 Å². The highest BCUT2D eigenvalue weighted by molar-refractivity contribution is 4.86. The first kappa shape index (κ1) is 13.9. The molecular formula is C13H28N2O. The third kappa shape index (κ3) is 4.04. The quantitative estimate of drug-likeness (QED) is 0.775. The summed E-state index contributed by atoms with van der Waals surface area (Å²) >= 11 is 0. The molecule has 1 fully saturated rings. The molecule has 2 unspecified atom stereocenters. The fourth-order valence-electron chi connectivity index (χ4n) is 2.64. The lowest BCUT2D eigenvalue weighted by molar-refractivity contribution is -0.0112. The van der Waals surface area contributed by atoms with Gasteiger partial charge in [-0.3, -0.25) is 4.90 Å². The number of rotatable bonds is 5. The van der Waals surface area contributed by atoms with Crippen LogP contribution in [0.5, 0.6) is 0 Å². The van der Waals surface area contributed by atoms with Crippen LogP contribution in [-0.2, 0) is 4.74 Å². The largest absolute Gasteiger partial charge is 0.380 e. The molecule has 1 saturated heterocycles. The van der Waals surface area contributed by atoms with Crippen LogP contribution in [-0.4, -0.2) is 49.8 Å². The molecule has 0 aromatic carbocycles. The Morgan fingerprint density at radius 3 is 2.69 bits per heavy atom. The Labute approximate surface area is 101 Å². The molecule has 2 atom stereocenters. The molecule has 1 heterocycles. The van der Waals surface area contributed by atoms with E-state index in [2.05, 4.69) is 37.9 Å². The molecule has 1 N–H and O–H groups in total. The normalized spacial score (nSPS) is 28.3. The molecule has 96 valence electrons. The fraction of sp³-hybridized carbons (Fsp3) is 1.00. The van der Waals surface area contributed by atoms with Crippen LogP contribution < -0.4 is 5.32 Å². The smallest absolute Gasteiger partial charge is 0.0724 e. The lowest BCUT2D eigenvalue weighted by atomic mass is 9.94. The third-order valence-corrected chi connectivity index (χ3v) is 3.55. The van der Waals surface area contributed by atoms with Crippen molar-refractivity contribution in [3.63, 3.8) is 0 Å². The zero-order chi connectivity index (χ0) is 12.2. The summed E-state index contributed by atoms with van der Waals surface area (Å²) in [6.07, 6.45) is 1.66. The van der Waals surface area contributed by atoms with E-state index in [1.54, 1.807) is 0 Å². The molecule has 0 aromatic rings. The van der Waals surface area contributed by atoms with E-state index < -0.39 is 0 Å². The SMILES string of the molecule is CCNC(C)(C)CN1CCC(C)C(OC)C1. The zero-order valence-electron chi connectivity index (χ0n) is 11.5. The van der Waals surface area contributed by atoms with Crippen molar-refractivity contribution in [3.05, 3.63) is 0 Å². The van der Waals surface area contributed by atoms with Crippen molar-refractivity contribution in [3.8, 4) is 0 Å². The number of nitrogens with zero attached hydrogens (tertiary/aromatic N) is 1. The molecule has 0 aliphatic carbocycles. The Morgan fingerprint density at radius 2 is 2.12 bits per heavy atom. The number of hydrogen-bond donors (Lipinski definition) is 1. The minimum absolute atomic E-state index is 0.202. The Balaban J connectivity index is 2.43. The van der Waals surface area contributed by atoms with Gasteiger partial charge < -0.3 is 10.1 Å². The second kappa shape index (κ2) is 5.99. The molecule has 0 amide bonds. The molecule has 1 rings (SSSR count). The van der Waals surface area contributed by atoms with Crippen LogP contribution in [0, 0.1) is 5.92 Å². The molecule has 0 aromatic heterocycles. The minimum atomic E-state index is 0.202. The van der Waals surface area contributed by atoms with E-state index in [0.29, 0.717) is 12.0 Å². The molecule has 16 heavy (non-hydrogen) atoms. The predicted molar refractivity (Wildman–Crippen MR) is 68.8 cm³/mol. The van der Waals surface area contributed by atoms with Crippen LogP contribution >= 0.6 is 0 Å². The predicted octanol–water partition coefficient (Wildman–Crippen LogP) is 1.73. The molecule has 0 spiro atoms. The van der Waals surface area contributed by atoms with E-state index in [-0.39, 0.29) is 5.54 Å². The van der Waals surface area contributed by atoms with Gasteiger partial charge >= 0.3 is 0 Å².